The van der Waals surface area contributed by atoms with Crippen LogP contribution in [0.15, 0.2) is 49.1 Å². The van der Waals surface area contributed by atoms with Crippen LogP contribution in [0.1, 0.15) is 49.6 Å². The van der Waals surface area contributed by atoms with Gasteiger partial charge in [0.1, 0.15) is 0 Å². The standard InChI is InChI=1S/C19H21N3/c1-13(2)18-10-17-9-15(4-5-16(17)11-22-18)8-14(3)19-12-20-6-7-21-19/h4-7,9-14H,8H2,1-3H3. The van der Waals surface area contributed by atoms with Crippen molar-refractivity contribution in [3.8, 4) is 0 Å². The Balaban J connectivity index is 1.88. The maximum atomic E-state index is 4.53. The van der Waals surface area contributed by atoms with Crippen LogP contribution < -0.4 is 0 Å². The van der Waals surface area contributed by atoms with Gasteiger partial charge in [-0.1, -0.05) is 39.0 Å². The van der Waals surface area contributed by atoms with Crippen molar-refractivity contribution < 1.29 is 0 Å². The van der Waals surface area contributed by atoms with E-state index in [2.05, 4.69) is 60.0 Å². The summed E-state index contributed by atoms with van der Waals surface area (Å²) < 4.78 is 0. The summed E-state index contributed by atoms with van der Waals surface area (Å²) in [5.74, 6) is 0.809. The first-order valence-electron chi connectivity index (χ1n) is 7.78. The van der Waals surface area contributed by atoms with Crippen molar-refractivity contribution in [2.45, 2.75) is 39.0 Å². The third-order valence-electron chi connectivity index (χ3n) is 4.03. The van der Waals surface area contributed by atoms with Gasteiger partial charge in [-0.2, -0.15) is 0 Å². The summed E-state index contributed by atoms with van der Waals surface area (Å²) in [6.45, 7) is 6.54. The highest BCUT2D eigenvalue weighted by Crippen LogP contribution is 2.23. The summed E-state index contributed by atoms with van der Waals surface area (Å²) in [4.78, 5) is 13.1. The highest BCUT2D eigenvalue weighted by atomic mass is 14.8. The average Bonchev–Trinajstić information content (AvgIpc) is 2.55. The minimum atomic E-state index is 0.359. The Bertz CT molecular complexity index is 766. The zero-order valence-corrected chi connectivity index (χ0v) is 13.3. The van der Waals surface area contributed by atoms with Crippen molar-refractivity contribution in [2.24, 2.45) is 0 Å². The van der Waals surface area contributed by atoms with Crippen LogP contribution in [-0.4, -0.2) is 15.0 Å². The summed E-state index contributed by atoms with van der Waals surface area (Å²) in [5.41, 5.74) is 3.51. The first-order valence-corrected chi connectivity index (χ1v) is 7.78. The van der Waals surface area contributed by atoms with Crippen LogP contribution in [-0.2, 0) is 6.42 Å². The molecule has 0 bridgehead atoms. The molecular formula is C19H21N3. The van der Waals surface area contributed by atoms with Gasteiger partial charge in [0.05, 0.1) is 5.69 Å². The van der Waals surface area contributed by atoms with Crippen LogP contribution in [0.5, 0.6) is 0 Å². The van der Waals surface area contributed by atoms with Gasteiger partial charge < -0.3 is 0 Å². The van der Waals surface area contributed by atoms with E-state index in [-0.39, 0.29) is 0 Å². The van der Waals surface area contributed by atoms with Crippen LogP contribution in [0.3, 0.4) is 0 Å². The molecular weight excluding hydrogens is 270 g/mol. The summed E-state index contributed by atoms with van der Waals surface area (Å²) >= 11 is 0. The second-order valence-electron chi connectivity index (χ2n) is 6.18. The largest absolute Gasteiger partial charge is 0.261 e. The number of nitrogens with zero attached hydrogens (tertiary/aromatic N) is 3. The Morgan fingerprint density at radius 1 is 0.864 bits per heavy atom. The molecule has 0 aliphatic carbocycles. The molecule has 2 heterocycles. The van der Waals surface area contributed by atoms with Crippen LogP contribution in [0.4, 0.5) is 0 Å². The second kappa shape index (κ2) is 6.22. The van der Waals surface area contributed by atoms with Gasteiger partial charge in [-0.3, -0.25) is 15.0 Å². The van der Waals surface area contributed by atoms with Crippen LogP contribution in [0.2, 0.25) is 0 Å². The molecule has 0 aliphatic heterocycles. The quantitative estimate of drug-likeness (QED) is 0.710. The topological polar surface area (TPSA) is 38.7 Å². The fourth-order valence-electron chi connectivity index (χ4n) is 2.67. The van der Waals surface area contributed by atoms with E-state index >= 15 is 0 Å². The summed E-state index contributed by atoms with van der Waals surface area (Å²) in [5, 5.41) is 2.46. The molecule has 3 rings (SSSR count). The van der Waals surface area contributed by atoms with E-state index in [4.69, 9.17) is 0 Å². The first-order chi connectivity index (χ1) is 10.6. The van der Waals surface area contributed by atoms with Crippen molar-refractivity contribution in [1.82, 2.24) is 15.0 Å². The lowest BCUT2D eigenvalue weighted by atomic mass is 9.96. The van der Waals surface area contributed by atoms with E-state index in [9.17, 15) is 0 Å². The van der Waals surface area contributed by atoms with Crippen LogP contribution >= 0.6 is 0 Å². The lowest BCUT2D eigenvalue weighted by molar-refractivity contribution is 0.725. The van der Waals surface area contributed by atoms with Crippen LogP contribution in [0.25, 0.3) is 10.8 Å². The van der Waals surface area contributed by atoms with E-state index in [0.29, 0.717) is 11.8 Å². The van der Waals surface area contributed by atoms with E-state index < -0.39 is 0 Å². The zero-order chi connectivity index (χ0) is 15.5. The molecule has 0 N–H and O–H groups in total. The number of benzene rings is 1. The Kier molecular flexibility index (Phi) is 4.14. The fourth-order valence-corrected chi connectivity index (χ4v) is 2.67. The molecule has 0 saturated heterocycles. The molecule has 112 valence electrons. The molecule has 3 nitrogen and oxygen atoms in total. The van der Waals surface area contributed by atoms with E-state index in [0.717, 1.165) is 17.8 Å². The molecule has 0 aliphatic rings. The van der Waals surface area contributed by atoms with E-state index in [1.165, 1.54) is 16.3 Å². The number of aromatic nitrogens is 3. The lowest BCUT2D eigenvalue weighted by Crippen LogP contribution is -2.01. The highest BCUT2D eigenvalue weighted by Gasteiger charge is 2.09. The molecule has 0 fully saturated rings. The lowest BCUT2D eigenvalue weighted by Gasteiger charge is -2.12. The molecule has 22 heavy (non-hydrogen) atoms. The second-order valence-corrected chi connectivity index (χ2v) is 6.18. The van der Waals surface area contributed by atoms with Gasteiger partial charge in [-0.15, -0.1) is 0 Å². The zero-order valence-electron chi connectivity index (χ0n) is 13.3. The highest BCUT2D eigenvalue weighted by molar-refractivity contribution is 5.82. The van der Waals surface area contributed by atoms with Gasteiger partial charge in [0.15, 0.2) is 0 Å². The van der Waals surface area contributed by atoms with Gasteiger partial charge in [-0.25, -0.2) is 0 Å². The molecule has 0 spiro atoms. The molecule has 3 aromatic rings. The average molecular weight is 291 g/mol. The Hall–Kier alpha value is -2.29. The van der Waals surface area contributed by atoms with Gasteiger partial charge >= 0.3 is 0 Å². The summed E-state index contributed by atoms with van der Waals surface area (Å²) in [7, 11) is 0. The Morgan fingerprint density at radius 3 is 2.45 bits per heavy atom. The summed E-state index contributed by atoms with van der Waals surface area (Å²) in [6, 6.07) is 8.82. The number of rotatable bonds is 4. The first kappa shape index (κ1) is 14.6. The Labute approximate surface area is 131 Å². The van der Waals surface area contributed by atoms with E-state index in [1.807, 2.05) is 12.4 Å². The predicted molar refractivity (Wildman–Crippen MR) is 90.0 cm³/mol. The molecule has 3 heteroatoms. The third-order valence-corrected chi connectivity index (χ3v) is 4.03. The smallest absolute Gasteiger partial charge is 0.0618 e. The SMILES string of the molecule is CC(C)c1cc2cc(CC(C)c3cnccn3)ccc2cn1. The molecule has 1 aromatic carbocycles. The van der Waals surface area contributed by atoms with Gasteiger partial charge in [0, 0.05) is 41.8 Å². The maximum absolute atomic E-state index is 4.53. The normalized spacial score (nSPS) is 12.7. The van der Waals surface area contributed by atoms with Gasteiger partial charge in [-0.05, 0) is 29.4 Å². The molecule has 2 aromatic heterocycles. The number of pyridine rings is 1. The summed E-state index contributed by atoms with van der Waals surface area (Å²) in [6.07, 6.45) is 8.26. The number of fused-ring (bicyclic) bond motifs is 1. The maximum Gasteiger partial charge on any atom is 0.0618 e. The molecule has 0 saturated carbocycles. The van der Waals surface area contributed by atoms with Crippen molar-refractivity contribution in [2.75, 3.05) is 0 Å². The molecule has 1 unspecified atom stereocenters. The van der Waals surface area contributed by atoms with Crippen molar-refractivity contribution in [3.05, 3.63) is 66.0 Å². The van der Waals surface area contributed by atoms with Crippen molar-refractivity contribution >= 4 is 10.8 Å². The van der Waals surface area contributed by atoms with Crippen molar-refractivity contribution in [1.29, 1.82) is 0 Å². The molecule has 0 amide bonds. The fraction of sp³-hybridized carbons (Fsp3) is 0.316. The van der Waals surface area contributed by atoms with E-state index in [1.54, 1.807) is 12.4 Å². The third kappa shape index (κ3) is 3.14. The minimum Gasteiger partial charge on any atom is -0.261 e. The van der Waals surface area contributed by atoms with Gasteiger partial charge in [0.25, 0.3) is 0 Å². The monoisotopic (exact) mass is 291 g/mol. The minimum absolute atomic E-state index is 0.359. The number of hydrogen-bond donors (Lipinski definition) is 0. The number of hydrogen-bond acceptors (Lipinski definition) is 3. The molecule has 1 atom stereocenters. The molecule has 0 radical (unpaired) electrons. The van der Waals surface area contributed by atoms with Crippen molar-refractivity contribution in [3.63, 3.8) is 0 Å². The Morgan fingerprint density at radius 2 is 1.73 bits per heavy atom. The predicted octanol–water partition coefficient (Wildman–Crippen LogP) is 4.49. The van der Waals surface area contributed by atoms with Gasteiger partial charge in [0.2, 0.25) is 0 Å². The van der Waals surface area contributed by atoms with Crippen LogP contribution in [0, 0.1) is 0 Å².